The van der Waals surface area contributed by atoms with Crippen molar-refractivity contribution >= 4 is 28.9 Å². The van der Waals surface area contributed by atoms with Crippen LogP contribution in [0.4, 0.5) is 11.4 Å². The first kappa shape index (κ1) is 31.9. The van der Waals surface area contributed by atoms with Crippen LogP contribution in [0, 0.1) is 24.3 Å². The molecule has 3 aliphatic rings. The number of nitrogens with one attached hydrogen (secondary N) is 2. The molecule has 2 atom stereocenters. The van der Waals surface area contributed by atoms with Crippen LogP contribution in [0.5, 0.6) is 5.75 Å². The minimum Gasteiger partial charge on any atom is -0.495 e. The molecule has 1 saturated heterocycles. The summed E-state index contributed by atoms with van der Waals surface area (Å²) in [6, 6.07) is 5.56. The third-order valence-electron chi connectivity index (χ3n) is 9.85. The van der Waals surface area contributed by atoms with Gasteiger partial charge in [-0.2, -0.15) is 0 Å². The van der Waals surface area contributed by atoms with Crippen LogP contribution in [-0.2, 0) is 14.2 Å². The van der Waals surface area contributed by atoms with Gasteiger partial charge in [-0.25, -0.2) is 19.1 Å². The van der Waals surface area contributed by atoms with E-state index in [0.717, 1.165) is 32.1 Å². The Labute approximate surface area is 269 Å². The predicted molar refractivity (Wildman–Crippen MR) is 172 cm³/mol. The second kappa shape index (κ2) is 13.0. The number of aromatic amines is 1. The summed E-state index contributed by atoms with van der Waals surface area (Å²) in [5.74, 6) is 0.934. The molecule has 3 fully saturated rings. The number of anilines is 1. The summed E-state index contributed by atoms with van der Waals surface area (Å²) in [6.45, 7) is 18.5. The van der Waals surface area contributed by atoms with Crippen LogP contribution in [-0.4, -0.2) is 83.2 Å². The minimum absolute atomic E-state index is 0.00156. The number of H-pyrrole nitrogens is 1. The van der Waals surface area contributed by atoms with Gasteiger partial charge in [-0.1, -0.05) is 27.7 Å². The summed E-state index contributed by atoms with van der Waals surface area (Å²) in [5, 5.41) is 6.54. The molecule has 1 aliphatic heterocycles. The van der Waals surface area contributed by atoms with E-state index in [1.165, 1.54) is 4.52 Å². The van der Waals surface area contributed by atoms with Crippen LogP contribution in [0.3, 0.4) is 0 Å². The van der Waals surface area contributed by atoms with Gasteiger partial charge in [0.15, 0.2) is 11.5 Å². The Morgan fingerprint density at radius 2 is 1.89 bits per heavy atom. The Morgan fingerprint density at radius 1 is 1.17 bits per heavy atom. The van der Waals surface area contributed by atoms with Crippen molar-refractivity contribution in [1.29, 1.82) is 0 Å². The number of benzene rings is 1. The average molecular weight is 633 g/mol. The first-order chi connectivity index (χ1) is 22.2. The number of carbonyl (C=O) groups excluding carboxylic acids is 2. The first-order valence-electron chi connectivity index (χ1n) is 16.3. The quantitative estimate of drug-likeness (QED) is 0.161. The van der Waals surface area contributed by atoms with Gasteiger partial charge in [-0.15, -0.1) is 0 Å². The normalized spacial score (nSPS) is 24.0. The van der Waals surface area contributed by atoms with Gasteiger partial charge in [0, 0.05) is 18.7 Å². The maximum atomic E-state index is 14.0. The van der Waals surface area contributed by atoms with Crippen molar-refractivity contribution in [3.63, 3.8) is 0 Å². The molecule has 2 aliphatic carbocycles. The molecule has 6 rings (SSSR count). The Hall–Kier alpha value is -4.08. The maximum Gasteiger partial charge on any atom is 0.331 e. The largest absolute Gasteiger partial charge is 0.495 e. The molecule has 2 aromatic heterocycles. The van der Waals surface area contributed by atoms with Crippen LogP contribution < -0.4 is 10.1 Å². The van der Waals surface area contributed by atoms with E-state index in [4.69, 9.17) is 30.5 Å². The average Bonchev–Trinajstić information content (AvgIpc) is 3.60. The molecule has 2 unspecified atom stereocenters. The fraction of sp³-hybridized carbons (Fsp3) is 0.588. The van der Waals surface area contributed by atoms with Gasteiger partial charge in [0.25, 0.3) is 5.91 Å². The Balaban J connectivity index is 1.39. The van der Waals surface area contributed by atoms with Gasteiger partial charge >= 0.3 is 5.97 Å². The highest BCUT2D eigenvalue weighted by molar-refractivity contribution is 6.11. The second-order valence-electron chi connectivity index (χ2n) is 13.1. The summed E-state index contributed by atoms with van der Waals surface area (Å²) >= 11 is 0. The van der Waals surface area contributed by atoms with Crippen LogP contribution in [0.2, 0.25) is 0 Å². The lowest BCUT2D eigenvalue weighted by molar-refractivity contribution is -0.0249. The molecule has 46 heavy (non-hydrogen) atoms. The van der Waals surface area contributed by atoms with Gasteiger partial charge in [0.1, 0.15) is 29.8 Å². The van der Waals surface area contributed by atoms with Crippen molar-refractivity contribution in [3.8, 4) is 17.1 Å². The summed E-state index contributed by atoms with van der Waals surface area (Å²) < 4.78 is 24.8. The van der Waals surface area contributed by atoms with Crippen molar-refractivity contribution < 1.29 is 28.5 Å². The number of esters is 1. The van der Waals surface area contributed by atoms with Crippen molar-refractivity contribution in [2.45, 2.75) is 71.5 Å². The lowest BCUT2D eigenvalue weighted by Gasteiger charge is -2.37. The van der Waals surface area contributed by atoms with Crippen LogP contribution in [0.15, 0.2) is 18.2 Å². The number of hydrogen-bond acceptors (Lipinski definition) is 8. The smallest absolute Gasteiger partial charge is 0.331 e. The monoisotopic (exact) mass is 632 g/mol. The van der Waals surface area contributed by atoms with E-state index in [0.29, 0.717) is 61.8 Å². The molecule has 12 heteroatoms. The van der Waals surface area contributed by atoms with Gasteiger partial charge in [-0.3, -0.25) is 9.89 Å². The highest BCUT2D eigenvalue weighted by Gasteiger charge is 2.42. The lowest BCUT2D eigenvalue weighted by atomic mass is 9.75. The molecule has 0 bridgehead atoms. The maximum absolute atomic E-state index is 14.0. The lowest BCUT2D eigenvalue weighted by Crippen LogP contribution is -2.41. The number of fused-ring (bicyclic) bond motifs is 1. The highest BCUT2D eigenvalue weighted by atomic mass is 16.5. The molecule has 12 nitrogen and oxygen atoms in total. The third-order valence-corrected chi connectivity index (χ3v) is 9.85. The van der Waals surface area contributed by atoms with Crippen molar-refractivity contribution in [2.24, 2.45) is 17.8 Å². The van der Waals surface area contributed by atoms with E-state index in [9.17, 15) is 9.59 Å². The highest BCUT2D eigenvalue weighted by Crippen LogP contribution is 2.43. The molecule has 2 N–H and O–H groups in total. The van der Waals surface area contributed by atoms with E-state index >= 15 is 0 Å². The van der Waals surface area contributed by atoms with Crippen molar-refractivity contribution in [1.82, 2.24) is 19.5 Å². The zero-order valence-corrected chi connectivity index (χ0v) is 27.4. The van der Waals surface area contributed by atoms with E-state index in [-0.39, 0.29) is 52.0 Å². The van der Waals surface area contributed by atoms with Gasteiger partial charge in [0.2, 0.25) is 5.69 Å². The number of carbonyl (C=O) groups is 2. The number of amides is 1. The van der Waals surface area contributed by atoms with E-state index in [1.54, 1.807) is 12.0 Å². The Bertz CT molecular complexity index is 1630. The summed E-state index contributed by atoms with van der Waals surface area (Å²) in [6.07, 6.45) is 4.69. The van der Waals surface area contributed by atoms with Gasteiger partial charge < -0.3 is 29.2 Å². The molecular weight excluding hydrogens is 588 g/mol. The zero-order valence-electron chi connectivity index (χ0n) is 27.4. The molecule has 0 spiro atoms. The first-order valence-corrected chi connectivity index (χ1v) is 16.3. The second-order valence-corrected chi connectivity index (χ2v) is 13.1. The third kappa shape index (κ3) is 6.06. The molecular formula is C34H44N6O6. The summed E-state index contributed by atoms with van der Waals surface area (Å²) in [4.78, 5) is 38.1. The van der Waals surface area contributed by atoms with Crippen LogP contribution in [0.25, 0.3) is 21.9 Å². The zero-order chi connectivity index (χ0) is 32.6. The number of aromatic nitrogens is 3. The molecule has 0 radical (unpaired) electrons. The van der Waals surface area contributed by atoms with Crippen molar-refractivity contribution in [2.75, 3.05) is 45.5 Å². The van der Waals surface area contributed by atoms with E-state index < -0.39 is 5.97 Å². The molecule has 2 saturated carbocycles. The molecule has 1 aromatic carbocycles. The van der Waals surface area contributed by atoms with Crippen molar-refractivity contribution in [3.05, 3.63) is 40.9 Å². The molecule has 246 valence electrons. The number of morpholine rings is 1. The molecule has 1 amide bonds. The van der Waals surface area contributed by atoms with E-state index in [1.807, 2.05) is 18.2 Å². The molecule has 3 heterocycles. The number of ether oxygens (including phenoxy) is 4. The van der Waals surface area contributed by atoms with Gasteiger partial charge in [0.05, 0.1) is 38.2 Å². The predicted octanol–water partition coefficient (Wildman–Crippen LogP) is 5.92. The number of hydrogen-bond donors (Lipinski definition) is 2. The number of methoxy groups -OCH3 is 1. The number of nitrogens with zero attached hydrogens (tertiary/aromatic N) is 4. The molecule has 3 aromatic rings. The van der Waals surface area contributed by atoms with Crippen LogP contribution in [0.1, 0.15) is 80.6 Å². The fourth-order valence-corrected chi connectivity index (χ4v) is 7.15. The van der Waals surface area contributed by atoms with E-state index in [2.05, 4.69) is 43.0 Å². The Morgan fingerprint density at radius 3 is 2.52 bits per heavy atom. The summed E-state index contributed by atoms with van der Waals surface area (Å²) in [5.41, 5.74) is 1.55. The fourth-order valence-electron chi connectivity index (χ4n) is 7.15. The number of rotatable bonds is 10. The van der Waals surface area contributed by atoms with Crippen LogP contribution >= 0.6 is 0 Å². The standard InChI is InChI=1S/C34H44N6O6/c1-7-34(10-11-34)45-19-36-24-18-23(8-9-25(24)43-6)30-37-31-26(33(42)46-29-21(3)16-20(2)17-22(29)4)27(35-5)28(40(31)38-30)32(41)39-12-14-44-15-13-39/h8-9,18,20-22,29,36H,7,10-17,19H2,1-4,6H3,(H,37,38). The minimum atomic E-state index is -0.639. The topological polar surface area (TPSA) is 124 Å². The Kier molecular flexibility index (Phi) is 8.99. The van der Waals surface area contributed by atoms with Gasteiger partial charge in [-0.05, 0) is 68.1 Å². The summed E-state index contributed by atoms with van der Waals surface area (Å²) in [7, 11) is 1.61. The SMILES string of the molecule is [C-]#[N+]c1c(C(=O)OC2C(C)CC(C)CC2C)c2nc(-c3ccc(OC)c(NCOC4(CC)CC4)c3)[nH]n2c1C(=O)N1CCOCC1.